The van der Waals surface area contributed by atoms with Crippen molar-refractivity contribution >= 4 is 41.4 Å². The van der Waals surface area contributed by atoms with E-state index >= 15 is 0 Å². The number of halogens is 2. The molecule has 3 N–H and O–H groups in total. The molecule has 0 aliphatic heterocycles. The lowest BCUT2D eigenvalue weighted by Gasteiger charge is -2.15. The Bertz CT molecular complexity index is 830. The van der Waals surface area contributed by atoms with E-state index in [2.05, 4.69) is 10.0 Å². The smallest absolute Gasteiger partial charge is 0.264 e. The Morgan fingerprint density at radius 2 is 2.08 bits per heavy atom. The van der Waals surface area contributed by atoms with Crippen LogP contribution in [0.2, 0.25) is 5.02 Å². The predicted molar refractivity (Wildman–Crippen MR) is 106 cm³/mol. The maximum absolute atomic E-state index is 14.2. The van der Waals surface area contributed by atoms with E-state index in [9.17, 15) is 9.18 Å². The SMILES string of the molecule is CSNC(=O)c1cc(Cl)c(Oc2ccc(NC(C)C)c(C=N)c2)cc1F. The Labute approximate surface area is 160 Å². The number of nitrogens with one attached hydrogen (secondary N) is 3. The van der Waals surface area contributed by atoms with Crippen LogP contribution in [0.15, 0.2) is 30.3 Å². The van der Waals surface area contributed by atoms with Crippen molar-refractivity contribution in [2.45, 2.75) is 19.9 Å². The van der Waals surface area contributed by atoms with Crippen LogP contribution >= 0.6 is 23.5 Å². The molecule has 0 saturated carbocycles. The molecule has 0 aliphatic carbocycles. The molecule has 2 aromatic rings. The van der Waals surface area contributed by atoms with Crippen LogP contribution in [0.4, 0.5) is 10.1 Å². The molecule has 2 aromatic carbocycles. The molecular weight excluding hydrogens is 377 g/mol. The molecule has 0 fully saturated rings. The van der Waals surface area contributed by atoms with E-state index < -0.39 is 11.7 Å². The lowest BCUT2D eigenvalue weighted by molar-refractivity contribution is 0.0980. The minimum Gasteiger partial charge on any atom is -0.456 e. The van der Waals surface area contributed by atoms with Gasteiger partial charge in [0.05, 0.1) is 10.6 Å². The predicted octanol–water partition coefficient (Wildman–Crippen LogP) is 5.10. The fourth-order valence-corrected chi connectivity index (χ4v) is 2.72. The van der Waals surface area contributed by atoms with E-state index in [4.69, 9.17) is 21.7 Å². The van der Waals surface area contributed by atoms with Crippen molar-refractivity contribution in [2.24, 2.45) is 0 Å². The molecular formula is C18H19ClFN3O2S. The molecule has 8 heteroatoms. The first-order valence-corrected chi connectivity index (χ1v) is 9.37. The fourth-order valence-electron chi connectivity index (χ4n) is 2.22. The highest BCUT2D eigenvalue weighted by Gasteiger charge is 2.16. The van der Waals surface area contributed by atoms with Crippen LogP contribution in [0.3, 0.4) is 0 Å². The average molecular weight is 396 g/mol. The van der Waals surface area contributed by atoms with Gasteiger partial charge in [-0.1, -0.05) is 23.5 Å². The molecule has 0 aliphatic rings. The third-order valence-corrected chi connectivity index (χ3v) is 4.00. The summed E-state index contributed by atoms with van der Waals surface area (Å²) in [4.78, 5) is 11.8. The monoisotopic (exact) mass is 395 g/mol. The first-order valence-electron chi connectivity index (χ1n) is 7.77. The van der Waals surface area contributed by atoms with Crippen molar-refractivity contribution in [1.29, 1.82) is 5.41 Å². The van der Waals surface area contributed by atoms with Crippen LogP contribution in [0.25, 0.3) is 0 Å². The summed E-state index contributed by atoms with van der Waals surface area (Å²) in [7, 11) is 0. The van der Waals surface area contributed by atoms with Gasteiger partial charge in [-0.15, -0.1) is 0 Å². The number of hydrogen-bond donors (Lipinski definition) is 3. The van der Waals surface area contributed by atoms with Gasteiger partial charge in [-0.05, 0) is 38.1 Å². The summed E-state index contributed by atoms with van der Waals surface area (Å²) in [6.07, 6.45) is 2.86. The third kappa shape index (κ3) is 4.89. The number of benzene rings is 2. The van der Waals surface area contributed by atoms with E-state index in [1.807, 2.05) is 13.8 Å². The highest BCUT2D eigenvalue weighted by atomic mass is 35.5. The van der Waals surface area contributed by atoms with Crippen molar-refractivity contribution in [1.82, 2.24) is 4.72 Å². The van der Waals surface area contributed by atoms with E-state index in [1.165, 1.54) is 12.3 Å². The van der Waals surface area contributed by atoms with Crippen LogP contribution in [0.1, 0.15) is 29.8 Å². The standard InChI is InChI=1S/C18H19ClFN3O2S/c1-10(2)22-16-5-4-12(6-11(16)9-21)25-17-8-15(20)13(7-14(17)19)18(24)23-26-3/h4-10,21-22H,1-3H3,(H,23,24). The number of amides is 1. The van der Waals surface area contributed by atoms with Gasteiger partial charge in [0, 0.05) is 35.8 Å². The first-order chi connectivity index (χ1) is 12.3. The number of rotatable bonds is 7. The van der Waals surface area contributed by atoms with Crippen LogP contribution < -0.4 is 14.8 Å². The molecule has 0 heterocycles. The normalized spacial score (nSPS) is 10.5. The van der Waals surface area contributed by atoms with Crippen LogP contribution in [-0.2, 0) is 0 Å². The lowest BCUT2D eigenvalue weighted by Crippen LogP contribution is -2.16. The van der Waals surface area contributed by atoms with E-state index in [1.54, 1.807) is 24.5 Å². The molecule has 1 amide bonds. The summed E-state index contributed by atoms with van der Waals surface area (Å²) < 4.78 is 22.3. The number of ether oxygens (including phenoxy) is 1. The summed E-state index contributed by atoms with van der Waals surface area (Å²) in [5, 5.41) is 10.9. The highest BCUT2D eigenvalue weighted by molar-refractivity contribution is 7.97. The maximum atomic E-state index is 14.2. The molecule has 0 atom stereocenters. The summed E-state index contributed by atoms with van der Waals surface area (Å²) in [6, 6.07) is 7.64. The zero-order valence-electron chi connectivity index (χ0n) is 14.5. The largest absolute Gasteiger partial charge is 0.456 e. The van der Waals surface area contributed by atoms with Gasteiger partial charge in [-0.25, -0.2) is 4.39 Å². The van der Waals surface area contributed by atoms with Crippen molar-refractivity contribution in [3.63, 3.8) is 0 Å². The number of carbonyl (C=O) groups is 1. The van der Waals surface area contributed by atoms with Crippen LogP contribution in [0, 0.1) is 11.2 Å². The Morgan fingerprint density at radius 3 is 2.69 bits per heavy atom. The molecule has 0 aromatic heterocycles. The van der Waals surface area contributed by atoms with Gasteiger partial charge >= 0.3 is 0 Å². The minimum absolute atomic E-state index is 0.0883. The van der Waals surface area contributed by atoms with Gasteiger partial charge in [-0.2, -0.15) is 0 Å². The van der Waals surface area contributed by atoms with Crippen molar-refractivity contribution in [3.05, 3.63) is 52.3 Å². The van der Waals surface area contributed by atoms with Gasteiger partial charge in [0.15, 0.2) is 0 Å². The Hall–Kier alpha value is -2.25. The van der Waals surface area contributed by atoms with Gasteiger partial charge in [0.2, 0.25) is 0 Å². The molecule has 2 rings (SSSR count). The third-order valence-electron chi connectivity index (χ3n) is 3.31. The summed E-state index contributed by atoms with van der Waals surface area (Å²) in [5.41, 5.74) is 1.26. The van der Waals surface area contributed by atoms with Crippen molar-refractivity contribution in [3.8, 4) is 11.5 Å². The van der Waals surface area contributed by atoms with Gasteiger partial charge in [0.1, 0.15) is 17.3 Å². The van der Waals surface area contributed by atoms with Crippen molar-refractivity contribution in [2.75, 3.05) is 11.6 Å². The zero-order chi connectivity index (χ0) is 19.3. The molecule has 26 heavy (non-hydrogen) atoms. The summed E-state index contributed by atoms with van der Waals surface area (Å²) in [5.74, 6) is -0.814. The van der Waals surface area contributed by atoms with Gasteiger partial charge < -0.3 is 15.5 Å². The second-order valence-electron chi connectivity index (χ2n) is 5.69. The van der Waals surface area contributed by atoms with Crippen molar-refractivity contribution < 1.29 is 13.9 Å². The minimum atomic E-state index is -0.735. The van der Waals surface area contributed by atoms with Gasteiger partial charge in [-0.3, -0.25) is 9.52 Å². The molecule has 0 saturated heterocycles. The fraction of sp³-hybridized carbons (Fsp3) is 0.222. The number of carbonyl (C=O) groups excluding carboxylic acids is 1. The Morgan fingerprint density at radius 1 is 1.35 bits per heavy atom. The summed E-state index contributed by atoms with van der Waals surface area (Å²) in [6.45, 7) is 3.99. The highest BCUT2D eigenvalue weighted by Crippen LogP contribution is 2.33. The number of hydrogen-bond acceptors (Lipinski definition) is 5. The van der Waals surface area contributed by atoms with Crippen LogP contribution in [0.5, 0.6) is 11.5 Å². The first kappa shape index (κ1) is 20.1. The maximum Gasteiger partial charge on any atom is 0.264 e. The molecule has 0 unspecified atom stereocenters. The molecule has 0 spiro atoms. The van der Waals surface area contributed by atoms with E-state index in [-0.39, 0.29) is 22.4 Å². The Kier molecular flexibility index (Phi) is 6.88. The van der Waals surface area contributed by atoms with Crippen LogP contribution in [-0.4, -0.2) is 24.4 Å². The second-order valence-corrected chi connectivity index (χ2v) is 6.71. The van der Waals surface area contributed by atoms with Gasteiger partial charge in [0.25, 0.3) is 5.91 Å². The average Bonchev–Trinajstić information content (AvgIpc) is 2.58. The van der Waals surface area contributed by atoms with E-state index in [0.29, 0.717) is 11.3 Å². The molecule has 0 bridgehead atoms. The zero-order valence-corrected chi connectivity index (χ0v) is 16.1. The quantitative estimate of drug-likeness (QED) is 0.450. The molecule has 0 radical (unpaired) electrons. The molecule has 5 nitrogen and oxygen atoms in total. The van der Waals surface area contributed by atoms with E-state index in [0.717, 1.165) is 23.7 Å². The number of anilines is 1. The second kappa shape index (κ2) is 8.91. The lowest BCUT2D eigenvalue weighted by atomic mass is 10.1. The molecule has 138 valence electrons. The Balaban J connectivity index is 2.29. The summed E-state index contributed by atoms with van der Waals surface area (Å²) >= 11 is 7.20. The topological polar surface area (TPSA) is 74.2 Å².